The van der Waals surface area contributed by atoms with E-state index in [0.29, 0.717) is 6.61 Å². The highest BCUT2D eigenvalue weighted by Gasteiger charge is 2.03. The van der Waals surface area contributed by atoms with E-state index in [4.69, 9.17) is 4.74 Å². The lowest BCUT2D eigenvalue weighted by Gasteiger charge is -2.09. The number of thiazole rings is 1. The summed E-state index contributed by atoms with van der Waals surface area (Å²) in [6, 6.07) is 6.28. The second-order valence-electron chi connectivity index (χ2n) is 4.23. The molecule has 0 aliphatic carbocycles. The molecule has 1 aromatic heterocycles. The number of hydrogen-bond donors (Lipinski definition) is 0. The van der Waals surface area contributed by atoms with Gasteiger partial charge in [-0.1, -0.05) is 17.7 Å². The fraction of sp³-hybridized carbons (Fsp3) is 0.357. The molecular weight excluding hydrogens is 230 g/mol. The lowest BCUT2D eigenvalue weighted by molar-refractivity contribution is 0.320. The zero-order valence-electron chi connectivity index (χ0n) is 10.5. The maximum absolute atomic E-state index is 5.80. The normalized spacial score (nSPS) is 10.5. The molecule has 0 atom stereocenters. The Morgan fingerprint density at radius 2 is 2.06 bits per heavy atom. The molecule has 0 aliphatic heterocycles. The standard InChI is InChI=1S/C14H17NOS/c1-10-4-5-13(11(2)8-10)16-7-6-14-12(3)15-9-17-14/h4-5,8-9H,6-7H2,1-3H3. The van der Waals surface area contributed by atoms with Gasteiger partial charge in [0.1, 0.15) is 5.75 Å². The van der Waals surface area contributed by atoms with Crippen LogP contribution in [0.5, 0.6) is 5.75 Å². The molecule has 0 spiro atoms. The third-order valence-corrected chi connectivity index (χ3v) is 3.76. The lowest BCUT2D eigenvalue weighted by atomic mass is 10.1. The molecule has 1 heterocycles. The van der Waals surface area contributed by atoms with Gasteiger partial charge < -0.3 is 4.74 Å². The number of aryl methyl sites for hydroxylation is 3. The number of nitrogens with zero attached hydrogens (tertiary/aromatic N) is 1. The summed E-state index contributed by atoms with van der Waals surface area (Å²) in [6.07, 6.45) is 0.934. The number of rotatable bonds is 4. The van der Waals surface area contributed by atoms with Crippen LogP contribution in [0.25, 0.3) is 0 Å². The topological polar surface area (TPSA) is 22.1 Å². The molecule has 0 unspecified atom stereocenters. The van der Waals surface area contributed by atoms with Crippen LogP contribution in [0.1, 0.15) is 21.7 Å². The fourth-order valence-electron chi connectivity index (χ4n) is 1.78. The number of aromatic nitrogens is 1. The first-order valence-corrected chi connectivity index (χ1v) is 6.64. The van der Waals surface area contributed by atoms with Gasteiger partial charge in [-0.05, 0) is 32.4 Å². The molecule has 0 N–H and O–H groups in total. The number of hydrogen-bond acceptors (Lipinski definition) is 3. The van der Waals surface area contributed by atoms with Crippen molar-refractivity contribution in [3.63, 3.8) is 0 Å². The van der Waals surface area contributed by atoms with Crippen LogP contribution in [0.15, 0.2) is 23.7 Å². The molecule has 0 aliphatic rings. The Bertz CT molecular complexity index is 505. The van der Waals surface area contributed by atoms with E-state index in [1.54, 1.807) is 11.3 Å². The van der Waals surface area contributed by atoms with Gasteiger partial charge in [0.2, 0.25) is 0 Å². The molecule has 3 heteroatoms. The van der Waals surface area contributed by atoms with Crippen LogP contribution >= 0.6 is 11.3 Å². The molecule has 0 amide bonds. The number of benzene rings is 1. The summed E-state index contributed by atoms with van der Waals surface area (Å²) in [5.41, 5.74) is 5.49. The van der Waals surface area contributed by atoms with Crippen LogP contribution in [-0.4, -0.2) is 11.6 Å². The average molecular weight is 247 g/mol. The third-order valence-electron chi connectivity index (χ3n) is 2.76. The van der Waals surface area contributed by atoms with Crippen molar-refractivity contribution in [2.45, 2.75) is 27.2 Å². The van der Waals surface area contributed by atoms with Gasteiger partial charge in [0.05, 0.1) is 17.8 Å². The molecule has 0 radical (unpaired) electrons. The van der Waals surface area contributed by atoms with Crippen molar-refractivity contribution in [1.29, 1.82) is 0 Å². The largest absolute Gasteiger partial charge is 0.493 e. The predicted octanol–water partition coefficient (Wildman–Crippen LogP) is 3.69. The second-order valence-corrected chi connectivity index (χ2v) is 5.17. The van der Waals surface area contributed by atoms with Gasteiger partial charge >= 0.3 is 0 Å². The molecule has 2 nitrogen and oxygen atoms in total. The predicted molar refractivity (Wildman–Crippen MR) is 72.0 cm³/mol. The van der Waals surface area contributed by atoms with E-state index in [0.717, 1.165) is 17.9 Å². The van der Waals surface area contributed by atoms with Gasteiger partial charge in [0, 0.05) is 11.3 Å². The molecule has 2 rings (SSSR count). The Kier molecular flexibility index (Phi) is 3.79. The number of ether oxygens (including phenoxy) is 1. The van der Waals surface area contributed by atoms with Gasteiger partial charge in [-0.25, -0.2) is 4.98 Å². The Morgan fingerprint density at radius 1 is 1.24 bits per heavy atom. The van der Waals surface area contributed by atoms with Crippen LogP contribution in [-0.2, 0) is 6.42 Å². The molecule has 2 aromatic rings. The van der Waals surface area contributed by atoms with Crippen molar-refractivity contribution in [2.75, 3.05) is 6.61 Å². The Labute approximate surface area is 106 Å². The van der Waals surface area contributed by atoms with Crippen molar-refractivity contribution in [1.82, 2.24) is 4.98 Å². The molecular formula is C14H17NOS. The second kappa shape index (κ2) is 5.32. The van der Waals surface area contributed by atoms with E-state index in [9.17, 15) is 0 Å². The first-order valence-electron chi connectivity index (χ1n) is 5.76. The SMILES string of the molecule is Cc1ccc(OCCc2scnc2C)c(C)c1. The maximum Gasteiger partial charge on any atom is 0.122 e. The van der Waals surface area contributed by atoms with E-state index in [1.807, 2.05) is 18.5 Å². The molecule has 90 valence electrons. The molecule has 17 heavy (non-hydrogen) atoms. The summed E-state index contributed by atoms with van der Waals surface area (Å²) in [4.78, 5) is 5.55. The molecule has 0 saturated heterocycles. The Hall–Kier alpha value is -1.35. The van der Waals surface area contributed by atoms with Gasteiger partial charge in [0.15, 0.2) is 0 Å². The van der Waals surface area contributed by atoms with Crippen molar-refractivity contribution in [3.8, 4) is 5.75 Å². The summed E-state index contributed by atoms with van der Waals surface area (Å²) < 4.78 is 5.80. The van der Waals surface area contributed by atoms with Gasteiger partial charge in [-0.3, -0.25) is 0 Å². The highest BCUT2D eigenvalue weighted by Crippen LogP contribution is 2.19. The summed E-state index contributed by atoms with van der Waals surface area (Å²) in [6.45, 7) is 6.94. The minimum absolute atomic E-state index is 0.715. The summed E-state index contributed by atoms with van der Waals surface area (Å²) in [5, 5.41) is 0. The van der Waals surface area contributed by atoms with Crippen molar-refractivity contribution >= 4 is 11.3 Å². The molecule has 1 aromatic carbocycles. The first-order chi connectivity index (χ1) is 8.16. The smallest absolute Gasteiger partial charge is 0.122 e. The van der Waals surface area contributed by atoms with Crippen LogP contribution in [0.4, 0.5) is 0 Å². The summed E-state index contributed by atoms with van der Waals surface area (Å²) in [5.74, 6) is 0.984. The van der Waals surface area contributed by atoms with Gasteiger partial charge in [-0.2, -0.15) is 0 Å². The fourth-order valence-corrected chi connectivity index (χ4v) is 2.54. The Balaban J connectivity index is 1.92. The van der Waals surface area contributed by atoms with Crippen LogP contribution in [0, 0.1) is 20.8 Å². The monoisotopic (exact) mass is 247 g/mol. The average Bonchev–Trinajstić information content (AvgIpc) is 2.68. The quantitative estimate of drug-likeness (QED) is 0.822. The lowest BCUT2D eigenvalue weighted by Crippen LogP contribution is -2.02. The van der Waals surface area contributed by atoms with Crippen molar-refractivity contribution in [2.24, 2.45) is 0 Å². The van der Waals surface area contributed by atoms with Crippen LogP contribution in [0.3, 0.4) is 0 Å². The van der Waals surface area contributed by atoms with Gasteiger partial charge in [-0.15, -0.1) is 11.3 Å². The molecule has 0 saturated carbocycles. The highest BCUT2D eigenvalue weighted by atomic mass is 32.1. The third kappa shape index (κ3) is 3.07. The van der Waals surface area contributed by atoms with Crippen molar-refractivity contribution in [3.05, 3.63) is 45.4 Å². The minimum atomic E-state index is 0.715. The van der Waals surface area contributed by atoms with Gasteiger partial charge in [0.25, 0.3) is 0 Å². The molecule has 0 bridgehead atoms. The van der Waals surface area contributed by atoms with E-state index in [1.165, 1.54) is 16.0 Å². The van der Waals surface area contributed by atoms with E-state index >= 15 is 0 Å². The Morgan fingerprint density at radius 3 is 2.71 bits per heavy atom. The molecule has 0 fully saturated rings. The highest BCUT2D eigenvalue weighted by molar-refractivity contribution is 7.09. The van der Waals surface area contributed by atoms with E-state index in [-0.39, 0.29) is 0 Å². The van der Waals surface area contributed by atoms with Crippen LogP contribution < -0.4 is 4.74 Å². The zero-order chi connectivity index (χ0) is 12.3. The van der Waals surface area contributed by atoms with E-state index in [2.05, 4.69) is 31.0 Å². The zero-order valence-corrected chi connectivity index (χ0v) is 11.3. The first kappa shape index (κ1) is 12.1. The summed E-state index contributed by atoms with van der Waals surface area (Å²) >= 11 is 1.70. The summed E-state index contributed by atoms with van der Waals surface area (Å²) in [7, 11) is 0. The maximum atomic E-state index is 5.80. The minimum Gasteiger partial charge on any atom is -0.493 e. The van der Waals surface area contributed by atoms with Crippen LogP contribution in [0.2, 0.25) is 0 Å². The van der Waals surface area contributed by atoms with E-state index < -0.39 is 0 Å². The van der Waals surface area contributed by atoms with Crippen molar-refractivity contribution < 1.29 is 4.74 Å².